The molecule has 0 atom stereocenters. The van der Waals surface area contributed by atoms with Crippen molar-refractivity contribution in [1.82, 2.24) is 0 Å². The lowest BCUT2D eigenvalue weighted by molar-refractivity contribution is -0.384. The van der Waals surface area contributed by atoms with Crippen LogP contribution in [-0.2, 0) is 12.8 Å². The number of benzene rings is 1. The second-order valence-electron chi connectivity index (χ2n) is 5.65. The number of carbonyl (C=O) groups excluding carboxylic acids is 2. The van der Waals surface area contributed by atoms with Crippen LogP contribution in [0.1, 0.15) is 44.0 Å². The zero-order chi connectivity index (χ0) is 18.1. The molecule has 1 aliphatic carbocycles. The molecular formula is C16H14ClN3O4S. The van der Waals surface area contributed by atoms with Crippen molar-refractivity contribution in [3.05, 3.63) is 54.9 Å². The Balaban J connectivity index is 1.97. The number of hydrogen-bond donors (Lipinski definition) is 2. The molecule has 1 heterocycles. The molecule has 2 aromatic rings. The third kappa shape index (κ3) is 3.35. The highest BCUT2D eigenvalue weighted by atomic mass is 35.5. The van der Waals surface area contributed by atoms with Gasteiger partial charge in [-0.05, 0) is 37.3 Å². The molecule has 25 heavy (non-hydrogen) atoms. The van der Waals surface area contributed by atoms with E-state index in [-0.39, 0.29) is 16.3 Å². The molecule has 0 saturated heterocycles. The molecule has 9 heteroatoms. The highest BCUT2D eigenvalue weighted by Crippen LogP contribution is 2.38. The van der Waals surface area contributed by atoms with Crippen molar-refractivity contribution in [3.63, 3.8) is 0 Å². The molecular weight excluding hydrogens is 366 g/mol. The molecule has 1 aliphatic rings. The van der Waals surface area contributed by atoms with Crippen LogP contribution in [0.25, 0.3) is 0 Å². The zero-order valence-electron chi connectivity index (χ0n) is 13.0. The Morgan fingerprint density at radius 1 is 1.28 bits per heavy atom. The van der Waals surface area contributed by atoms with Gasteiger partial charge in [-0.25, -0.2) is 0 Å². The number of anilines is 1. The topological polar surface area (TPSA) is 115 Å². The molecule has 130 valence electrons. The summed E-state index contributed by atoms with van der Waals surface area (Å²) in [7, 11) is 0. The number of thiophene rings is 1. The van der Waals surface area contributed by atoms with E-state index in [1.54, 1.807) is 0 Å². The van der Waals surface area contributed by atoms with Gasteiger partial charge in [-0.1, -0.05) is 11.6 Å². The van der Waals surface area contributed by atoms with Gasteiger partial charge in [0, 0.05) is 17.0 Å². The molecule has 7 nitrogen and oxygen atoms in total. The minimum atomic E-state index is -0.616. The highest BCUT2D eigenvalue weighted by Gasteiger charge is 2.26. The smallest absolute Gasteiger partial charge is 0.270 e. The van der Waals surface area contributed by atoms with Crippen LogP contribution in [0.15, 0.2) is 18.2 Å². The third-order valence-electron chi connectivity index (χ3n) is 4.05. The molecule has 1 aromatic heterocycles. The molecule has 1 aromatic carbocycles. The lowest BCUT2D eigenvalue weighted by atomic mass is 9.95. The Morgan fingerprint density at radius 3 is 2.68 bits per heavy atom. The molecule has 0 unspecified atom stereocenters. The van der Waals surface area contributed by atoms with Crippen molar-refractivity contribution in [2.24, 2.45) is 5.73 Å². The van der Waals surface area contributed by atoms with Gasteiger partial charge >= 0.3 is 0 Å². The van der Waals surface area contributed by atoms with Gasteiger partial charge in [-0.2, -0.15) is 0 Å². The summed E-state index contributed by atoms with van der Waals surface area (Å²) in [6.07, 6.45) is 3.58. The van der Waals surface area contributed by atoms with E-state index in [4.69, 9.17) is 17.3 Å². The number of nitrogens with zero attached hydrogens (tertiary/aromatic N) is 1. The molecule has 0 bridgehead atoms. The molecule has 3 rings (SSSR count). The van der Waals surface area contributed by atoms with Crippen molar-refractivity contribution in [2.45, 2.75) is 25.7 Å². The maximum Gasteiger partial charge on any atom is 0.270 e. The average molecular weight is 380 g/mol. The first-order valence-corrected chi connectivity index (χ1v) is 8.77. The summed E-state index contributed by atoms with van der Waals surface area (Å²) in [6.45, 7) is 0. The van der Waals surface area contributed by atoms with Gasteiger partial charge in [0.05, 0.1) is 21.1 Å². The van der Waals surface area contributed by atoms with Gasteiger partial charge in [-0.15, -0.1) is 11.3 Å². The minimum Gasteiger partial charge on any atom is -0.365 e. The van der Waals surface area contributed by atoms with E-state index in [0.717, 1.165) is 42.2 Å². The second kappa shape index (κ2) is 6.81. The van der Waals surface area contributed by atoms with Crippen LogP contribution in [0.4, 0.5) is 10.7 Å². The van der Waals surface area contributed by atoms with Crippen molar-refractivity contribution < 1.29 is 14.5 Å². The van der Waals surface area contributed by atoms with Crippen LogP contribution >= 0.6 is 22.9 Å². The van der Waals surface area contributed by atoms with Gasteiger partial charge in [0.1, 0.15) is 5.00 Å². The average Bonchev–Trinajstić information content (AvgIpc) is 2.92. The third-order valence-corrected chi connectivity index (χ3v) is 5.59. The fraction of sp³-hybridized carbons (Fsp3) is 0.250. The van der Waals surface area contributed by atoms with Crippen LogP contribution in [0.2, 0.25) is 5.02 Å². The molecule has 0 saturated carbocycles. The number of carbonyl (C=O) groups is 2. The Kier molecular flexibility index (Phi) is 4.73. The normalized spacial score (nSPS) is 13.2. The number of amides is 2. The van der Waals surface area contributed by atoms with Gasteiger partial charge in [-0.3, -0.25) is 19.7 Å². The molecule has 0 radical (unpaired) electrons. The van der Waals surface area contributed by atoms with Crippen LogP contribution in [0.3, 0.4) is 0 Å². The van der Waals surface area contributed by atoms with E-state index >= 15 is 0 Å². The van der Waals surface area contributed by atoms with E-state index in [1.807, 2.05) is 0 Å². The Bertz CT molecular complexity index is 894. The maximum atomic E-state index is 12.5. The summed E-state index contributed by atoms with van der Waals surface area (Å²) in [4.78, 5) is 35.7. The number of fused-ring (bicyclic) bond motifs is 1. The van der Waals surface area contributed by atoms with E-state index in [2.05, 4.69) is 5.32 Å². The first kappa shape index (κ1) is 17.4. The number of rotatable bonds is 4. The van der Waals surface area contributed by atoms with Crippen LogP contribution in [0.5, 0.6) is 0 Å². The van der Waals surface area contributed by atoms with Crippen LogP contribution in [0, 0.1) is 10.1 Å². The Labute approximate surface area is 151 Å². The predicted molar refractivity (Wildman–Crippen MR) is 95.5 cm³/mol. The predicted octanol–water partition coefficient (Wildman–Crippen LogP) is 3.54. The summed E-state index contributed by atoms with van der Waals surface area (Å²) in [5, 5.41) is 14.0. The highest BCUT2D eigenvalue weighted by molar-refractivity contribution is 7.17. The first-order chi connectivity index (χ1) is 11.9. The number of non-ortho nitro benzene ring substituents is 1. The van der Waals surface area contributed by atoms with Crippen molar-refractivity contribution >= 4 is 45.4 Å². The molecule has 0 aliphatic heterocycles. The van der Waals surface area contributed by atoms with E-state index in [0.29, 0.717) is 10.6 Å². The number of nitro groups is 1. The number of hydrogen-bond acceptors (Lipinski definition) is 5. The molecule has 3 N–H and O–H groups in total. The van der Waals surface area contributed by atoms with Gasteiger partial charge in [0.25, 0.3) is 17.5 Å². The second-order valence-corrected chi connectivity index (χ2v) is 7.17. The van der Waals surface area contributed by atoms with Crippen LogP contribution < -0.4 is 11.1 Å². The van der Waals surface area contributed by atoms with E-state index in [9.17, 15) is 19.7 Å². The summed E-state index contributed by atoms with van der Waals surface area (Å²) in [6, 6.07) is 3.62. The molecule has 2 amide bonds. The standard InChI is InChI=1S/C16H14ClN3O4S/c17-11-6-5-8(20(23)24)7-10(11)15(22)19-16-13(14(18)21)9-3-1-2-4-12(9)25-16/h5-7H,1-4H2,(H2,18,21)(H,19,22). The minimum absolute atomic E-state index is 0.0299. The summed E-state index contributed by atoms with van der Waals surface area (Å²) in [5.74, 6) is -1.21. The van der Waals surface area contributed by atoms with Crippen molar-refractivity contribution in [3.8, 4) is 0 Å². The van der Waals surface area contributed by atoms with E-state index in [1.165, 1.54) is 23.5 Å². The van der Waals surface area contributed by atoms with Crippen molar-refractivity contribution in [1.29, 1.82) is 0 Å². The number of halogens is 1. The summed E-state index contributed by atoms with van der Waals surface area (Å²) >= 11 is 7.31. The first-order valence-electron chi connectivity index (χ1n) is 7.58. The molecule has 0 spiro atoms. The SMILES string of the molecule is NC(=O)c1c(NC(=O)c2cc([N+](=O)[O-])ccc2Cl)sc2c1CCCC2. The number of aryl methyl sites for hydroxylation is 1. The summed E-state index contributed by atoms with van der Waals surface area (Å²) in [5.41, 5.74) is 6.44. The zero-order valence-corrected chi connectivity index (χ0v) is 14.6. The van der Waals surface area contributed by atoms with Gasteiger partial charge in [0.15, 0.2) is 0 Å². The van der Waals surface area contributed by atoms with Crippen molar-refractivity contribution in [2.75, 3.05) is 5.32 Å². The van der Waals surface area contributed by atoms with Gasteiger partial charge < -0.3 is 11.1 Å². The largest absolute Gasteiger partial charge is 0.365 e. The fourth-order valence-electron chi connectivity index (χ4n) is 2.89. The quantitative estimate of drug-likeness (QED) is 0.624. The summed E-state index contributed by atoms with van der Waals surface area (Å²) < 4.78 is 0. The number of primary amides is 1. The lowest BCUT2D eigenvalue weighted by Gasteiger charge is -2.11. The monoisotopic (exact) mass is 379 g/mol. The lowest BCUT2D eigenvalue weighted by Crippen LogP contribution is -2.18. The Hall–Kier alpha value is -2.45. The number of nitrogens with one attached hydrogen (secondary N) is 1. The number of nitro benzene ring substituents is 1. The van der Waals surface area contributed by atoms with E-state index < -0.39 is 16.7 Å². The fourth-order valence-corrected chi connectivity index (χ4v) is 4.38. The van der Waals surface area contributed by atoms with Gasteiger partial charge in [0.2, 0.25) is 0 Å². The van der Waals surface area contributed by atoms with Crippen LogP contribution in [-0.4, -0.2) is 16.7 Å². The Morgan fingerprint density at radius 2 is 2.00 bits per heavy atom. The number of nitrogens with two attached hydrogens (primary N) is 1. The maximum absolute atomic E-state index is 12.5. The molecule has 0 fully saturated rings.